The lowest BCUT2D eigenvalue weighted by Crippen LogP contribution is -2.46. The highest BCUT2D eigenvalue weighted by Gasteiger charge is 2.54. The number of para-hydroxylation sites is 1. The van der Waals surface area contributed by atoms with Gasteiger partial charge >= 0.3 is 0 Å². The number of carbonyl (C=O) groups is 3. The van der Waals surface area contributed by atoms with Gasteiger partial charge in [-0.2, -0.15) is 0 Å². The summed E-state index contributed by atoms with van der Waals surface area (Å²) in [4.78, 5) is 45.4. The third-order valence-corrected chi connectivity index (χ3v) is 6.86. The number of ether oxygens (including phenoxy) is 1. The van der Waals surface area contributed by atoms with E-state index >= 15 is 0 Å². The zero-order valence-electron chi connectivity index (χ0n) is 19.3. The molecule has 1 saturated heterocycles. The molecule has 2 aliphatic heterocycles. The summed E-state index contributed by atoms with van der Waals surface area (Å²) in [6.45, 7) is 0.173. The molecule has 4 aromatic rings. The van der Waals surface area contributed by atoms with Crippen molar-refractivity contribution >= 4 is 28.8 Å². The van der Waals surface area contributed by atoms with E-state index in [2.05, 4.69) is 10.3 Å². The minimum Gasteiger partial charge on any atom is -0.507 e. The molecule has 1 fully saturated rings. The van der Waals surface area contributed by atoms with Gasteiger partial charge in [-0.3, -0.25) is 24.7 Å². The summed E-state index contributed by atoms with van der Waals surface area (Å²) in [7, 11) is 1.53. The first-order valence-corrected chi connectivity index (χ1v) is 11.4. The Balaban J connectivity index is 1.53. The van der Waals surface area contributed by atoms with Crippen LogP contribution < -0.4 is 10.1 Å². The van der Waals surface area contributed by atoms with Crippen molar-refractivity contribution in [3.05, 3.63) is 77.7 Å². The van der Waals surface area contributed by atoms with E-state index in [1.807, 2.05) is 6.07 Å². The molecule has 0 unspecified atom stereocenters. The number of hydrogen-bond acceptors (Lipinski definition) is 7. The molecule has 0 saturated carbocycles. The highest BCUT2D eigenvalue weighted by molar-refractivity contribution is 6.11. The fraction of sp³-hybridized carbons (Fsp3) is 0.185. The molecule has 2 aliphatic rings. The van der Waals surface area contributed by atoms with Gasteiger partial charge in [0.2, 0.25) is 11.8 Å². The number of rotatable bonds is 5. The number of aromatic nitrogens is 1. The van der Waals surface area contributed by atoms with Crippen molar-refractivity contribution in [2.75, 3.05) is 13.7 Å². The van der Waals surface area contributed by atoms with Crippen molar-refractivity contribution in [2.45, 2.75) is 18.4 Å². The van der Waals surface area contributed by atoms with E-state index in [9.17, 15) is 19.5 Å². The Kier molecular flexibility index (Phi) is 4.82. The molecule has 3 amide bonds. The largest absolute Gasteiger partial charge is 0.507 e. The number of carbonyl (C=O) groups excluding carboxylic acids is 3. The third kappa shape index (κ3) is 3.16. The SMILES string of the molecule is COc1ccc2c(c1)C(=O)N(C[C@@]1(c3oc4cccnc4c3-c3ccccc3O)CC(=O)NC1=O)C2. The molecule has 2 aromatic carbocycles. The minimum absolute atomic E-state index is 0.0243. The van der Waals surface area contributed by atoms with Gasteiger partial charge in [0.25, 0.3) is 5.91 Å². The molecule has 2 aromatic heterocycles. The summed E-state index contributed by atoms with van der Waals surface area (Å²) in [5.41, 5.74) is 1.45. The highest BCUT2D eigenvalue weighted by atomic mass is 16.5. The van der Waals surface area contributed by atoms with Crippen molar-refractivity contribution in [1.29, 1.82) is 0 Å². The molecule has 0 aliphatic carbocycles. The van der Waals surface area contributed by atoms with Crippen molar-refractivity contribution in [3.8, 4) is 22.6 Å². The number of pyridine rings is 1. The summed E-state index contributed by atoms with van der Waals surface area (Å²) < 4.78 is 11.5. The maximum absolute atomic E-state index is 13.5. The van der Waals surface area contributed by atoms with Crippen LogP contribution in [0.3, 0.4) is 0 Å². The Morgan fingerprint density at radius 2 is 1.94 bits per heavy atom. The Labute approximate surface area is 205 Å². The second kappa shape index (κ2) is 7.94. The monoisotopic (exact) mass is 483 g/mol. The fourth-order valence-corrected chi connectivity index (χ4v) is 5.15. The number of fused-ring (bicyclic) bond motifs is 2. The normalized spacial score (nSPS) is 19.1. The lowest BCUT2D eigenvalue weighted by molar-refractivity contribution is -0.126. The van der Waals surface area contributed by atoms with E-state index in [4.69, 9.17) is 9.15 Å². The fourth-order valence-electron chi connectivity index (χ4n) is 5.15. The molecule has 4 heterocycles. The van der Waals surface area contributed by atoms with Crippen LogP contribution in [0.4, 0.5) is 0 Å². The van der Waals surface area contributed by atoms with Gasteiger partial charge in [0.1, 0.15) is 28.2 Å². The minimum atomic E-state index is -1.52. The summed E-state index contributed by atoms with van der Waals surface area (Å²) in [5, 5.41) is 13.1. The molecular formula is C27H21N3O6. The van der Waals surface area contributed by atoms with Crippen molar-refractivity contribution in [3.63, 3.8) is 0 Å². The third-order valence-electron chi connectivity index (χ3n) is 6.86. The van der Waals surface area contributed by atoms with Crippen LogP contribution >= 0.6 is 0 Å². The van der Waals surface area contributed by atoms with Crippen LogP contribution in [0.2, 0.25) is 0 Å². The number of phenolic OH excluding ortho intramolecular Hbond substituents is 1. The lowest BCUT2D eigenvalue weighted by Gasteiger charge is -2.29. The van der Waals surface area contributed by atoms with Crippen LogP contribution in [-0.4, -0.2) is 46.4 Å². The maximum Gasteiger partial charge on any atom is 0.254 e. The van der Waals surface area contributed by atoms with Crippen molar-refractivity contribution in [1.82, 2.24) is 15.2 Å². The Hall–Kier alpha value is -4.66. The van der Waals surface area contributed by atoms with Crippen LogP contribution in [-0.2, 0) is 21.5 Å². The highest BCUT2D eigenvalue weighted by Crippen LogP contribution is 2.47. The predicted octanol–water partition coefficient (Wildman–Crippen LogP) is 3.15. The number of aromatic hydroxyl groups is 1. The molecule has 2 N–H and O–H groups in total. The summed E-state index contributed by atoms with van der Waals surface area (Å²) in [6, 6.07) is 15.3. The zero-order valence-corrected chi connectivity index (χ0v) is 19.3. The van der Waals surface area contributed by atoms with Gasteiger partial charge in [-0.05, 0) is 35.9 Å². The maximum atomic E-state index is 13.5. The average molecular weight is 483 g/mol. The molecule has 9 nitrogen and oxygen atoms in total. The van der Waals surface area contributed by atoms with Gasteiger partial charge in [0.05, 0.1) is 19.1 Å². The van der Waals surface area contributed by atoms with Crippen LogP contribution in [0, 0.1) is 0 Å². The van der Waals surface area contributed by atoms with Gasteiger partial charge in [-0.15, -0.1) is 0 Å². The Morgan fingerprint density at radius 3 is 2.69 bits per heavy atom. The van der Waals surface area contributed by atoms with E-state index in [-0.39, 0.29) is 36.9 Å². The first kappa shape index (κ1) is 21.8. The molecular weight excluding hydrogens is 462 g/mol. The van der Waals surface area contributed by atoms with Crippen LogP contribution in [0.5, 0.6) is 11.5 Å². The van der Waals surface area contributed by atoms with Gasteiger partial charge in [0.15, 0.2) is 5.58 Å². The van der Waals surface area contributed by atoms with Crippen LogP contribution in [0.1, 0.15) is 28.1 Å². The van der Waals surface area contributed by atoms with Gasteiger partial charge in [0, 0.05) is 30.4 Å². The van der Waals surface area contributed by atoms with E-state index in [1.54, 1.807) is 48.7 Å². The number of hydrogen-bond donors (Lipinski definition) is 2. The molecule has 36 heavy (non-hydrogen) atoms. The van der Waals surface area contributed by atoms with E-state index < -0.39 is 17.2 Å². The van der Waals surface area contributed by atoms with Crippen LogP contribution in [0.15, 0.2) is 65.2 Å². The standard InChI is InChI=1S/C27H21N3O6/c1-35-16-9-8-15-13-30(25(33)18(15)11-16)14-27(12-21(32)29-26(27)34)24-22(17-5-2-3-6-19(17)31)23-20(36-24)7-4-10-28-23/h2-11,31H,12-14H2,1H3,(H,29,32,34)/t27-/m1/s1. The number of nitrogens with zero attached hydrogens (tertiary/aromatic N) is 2. The number of furan rings is 1. The molecule has 180 valence electrons. The van der Waals surface area contributed by atoms with Gasteiger partial charge < -0.3 is 19.2 Å². The van der Waals surface area contributed by atoms with E-state index in [1.165, 1.54) is 18.1 Å². The molecule has 9 heteroatoms. The number of phenols is 1. The molecule has 0 bridgehead atoms. The van der Waals surface area contributed by atoms with Crippen molar-refractivity contribution < 1.29 is 28.6 Å². The van der Waals surface area contributed by atoms with E-state index in [0.29, 0.717) is 33.5 Å². The second-order valence-corrected chi connectivity index (χ2v) is 8.99. The molecule has 0 spiro atoms. The second-order valence-electron chi connectivity index (χ2n) is 8.99. The number of methoxy groups -OCH3 is 1. The molecule has 1 atom stereocenters. The smallest absolute Gasteiger partial charge is 0.254 e. The van der Waals surface area contributed by atoms with Gasteiger partial charge in [-0.25, -0.2) is 0 Å². The summed E-state index contributed by atoms with van der Waals surface area (Å²) in [6.07, 6.45) is 1.38. The Bertz CT molecular complexity index is 1580. The average Bonchev–Trinajstić information content (AvgIpc) is 3.51. The first-order valence-electron chi connectivity index (χ1n) is 11.4. The van der Waals surface area contributed by atoms with Gasteiger partial charge in [-0.1, -0.05) is 24.3 Å². The number of imide groups is 1. The zero-order chi connectivity index (χ0) is 25.0. The topological polar surface area (TPSA) is 122 Å². The van der Waals surface area contributed by atoms with Crippen molar-refractivity contribution in [2.24, 2.45) is 0 Å². The molecule has 6 rings (SSSR count). The number of benzene rings is 2. The molecule has 0 radical (unpaired) electrons. The summed E-state index contributed by atoms with van der Waals surface area (Å²) in [5.74, 6) is -0.593. The predicted molar refractivity (Wildman–Crippen MR) is 128 cm³/mol. The first-order chi connectivity index (χ1) is 17.4. The number of amides is 3. The number of nitrogens with one attached hydrogen (secondary N) is 1. The van der Waals surface area contributed by atoms with Crippen LogP contribution in [0.25, 0.3) is 22.2 Å². The van der Waals surface area contributed by atoms with E-state index in [0.717, 1.165) is 5.56 Å². The lowest BCUT2D eigenvalue weighted by atomic mass is 9.79. The quantitative estimate of drug-likeness (QED) is 0.418. The Morgan fingerprint density at radius 1 is 1.11 bits per heavy atom. The summed E-state index contributed by atoms with van der Waals surface area (Å²) >= 11 is 0.